The predicted molar refractivity (Wildman–Crippen MR) is 144 cm³/mol. The number of ether oxygens (including phenoxy) is 3. The Kier molecular flexibility index (Phi) is 10.5. The molecule has 4 rings (SSSR count). The van der Waals surface area contributed by atoms with Crippen molar-refractivity contribution in [2.24, 2.45) is 0 Å². The Morgan fingerprint density at radius 3 is 2.62 bits per heavy atom. The van der Waals surface area contributed by atoms with Gasteiger partial charge in [0, 0.05) is 33.3 Å². The molecule has 2 aliphatic heterocycles. The van der Waals surface area contributed by atoms with E-state index in [-0.39, 0.29) is 30.8 Å². The lowest BCUT2D eigenvalue weighted by atomic mass is 10.0. The van der Waals surface area contributed by atoms with E-state index in [2.05, 4.69) is 4.90 Å². The van der Waals surface area contributed by atoms with Gasteiger partial charge in [0.1, 0.15) is 12.4 Å². The van der Waals surface area contributed by atoms with Crippen LogP contribution in [0.5, 0.6) is 5.75 Å². The number of aliphatic hydroxyl groups excluding tert-OH is 1. The summed E-state index contributed by atoms with van der Waals surface area (Å²) in [6.07, 6.45) is 3.68. The summed E-state index contributed by atoms with van der Waals surface area (Å²) >= 11 is 12.2. The molecule has 0 aliphatic carbocycles. The van der Waals surface area contributed by atoms with Gasteiger partial charge in [-0.25, -0.2) is 0 Å². The lowest BCUT2D eigenvalue weighted by molar-refractivity contribution is -0.165. The van der Waals surface area contributed by atoms with Crippen molar-refractivity contribution in [1.82, 2.24) is 9.80 Å². The molecule has 2 heterocycles. The van der Waals surface area contributed by atoms with Crippen molar-refractivity contribution >= 4 is 29.1 Å². The summed E-state index contributed by atoms with van der Waals surface area (Å²) in [4.78, 5) is 17.2. The van der Waals surface area contributed by atoms with Gasteiger partial charge in [0.25, 0.3) is 0 Å². The maximum atomic E-state index is 13.3. The van der Waals surface area contributed by atoms with E-state index < -0.39 is 0 Å². The zero-order valence-corrected chi connectivity index (χ0v) is 22.8. The van der Waals surface area contributed by atoms with Crippen molar-refractivity contribution in [3.63, 3.8) is 0 Å². The molecule has 2 aromatic carbocycles. The first-order chi connectivity index (χ1) is 17.9. The van der Waals surface area contributed by atoms with Crippen molar-refractivity contribution in [2.45, 2.75) is 50.5 Å². The van der Waals surface area contributed by atoms with Crippen LogP contribution in [0, 0.1) is 0 Å². The minimum Gasteiger partial charge on any atom is -0.491 e. The molecule has 2 aromatic rings. The molecule has 0 radical (unpaired) electrons. The molecular formula is C28H36Cl2N2O5. The van der Waals surface area contributed by atoms with E-state index in [1.165, 1.54) is 0 Å². The molecular weight excluding hydrogens is 515 g/mol. The van der Waals surface area contributed by atoms with Crippen LogP contribution in [0.15, 0.2) is 42.5 Å². The number of halogens is 2. The molecule has 3 atom stereocenters. The maximum Gasteiger partial charge on any atom is 0.227 e. The Morgan fingerprint density at radius 1 is 1.14 bits per heavy atom. The van der Waals surface area contributed by atoms with Crippen molar-refractivity contribution in [1.29, 1.82) is 0 Å². The number of rotatable bonds is 11. The number of likely N-dealkylation sites (tertiary alicyclic amines) is 1. The van der Waals surface area contributed by atoms with E-state index >= 15 is 0 Å². The molecule has 7 nitrogen and oxygen atoms in total. The van der Waals surface area contributed by atoms with E-state index in [1.807, 2.05) is 37.4 Å². The summed E-state index contributed by atoms with van der Waals surface area (Å²) in [5.74, 6) is 0.725. The van der Waals surface area contributed by atoms with Gasteiger partial charge in [0.15, 0.2) is 6.29 Å². The number of nitrogens with zero attached hydrogens (tertiary/aromatic N) is 2. The maximum absolute atomic E-state index is 13.3. The number of benzene rings is 2. The number of amides is 1. The SMILES string of the molecule is CN(C(=O)Cc1ccc(Cl)c(Cl)c1)C(CN1CC[C@H](O)C1)c1ccc(OCCOC2CCCCO2)cc1. The highest BCUT2D eigenvalue weighted by atomic mass is 35.5. The van der Waals surface area contributed by atoms with Crippen molar-refractivity contribution in [2.75, 3.05) is 46.5 Å². The normalized spacial score (nSPS) is 21.1. The zero-order chi connectivity index (χ0) is 26.2. The van der Waals surface area contributed by atoms with E-state index in [0.717, 1.165) is 55.7 Å². The second kappa shape index (κ2) is 13.8. The summed E-state index contributed by atoms with van der Waals surface area (Å²) < 4.78 is 17.2. The summed E-state index contributed by atoms with van der Waals surface area (Å²) in [5, 5.41) is 10.9. The summed E-state index contributed by atoms with van der Waals surface area (Å²) in [7, 11) is 1.83. The summed E-state index contributed by atoms with van der Waals surface area (Å²) in [6.45, 7) is 3.72. The number of hydrogen-bond acceptors (Lipinski definition) is 6. The quantitative estimate of drug-likeness (QED) is 0.408. The third kappa shape index (κ3) is 8.31. The Labute approximate surface area is 229 Å². The Balaban J connectivity index is 1.38. The number of β-amino-alcohol motifs (C(OH)–C–C–N with tert-alkyl or cyclic N) is 1. The van der Waals surface area contributed by atoms with Crippen LogP contribution in [0.4, 0.5) is 0 Å². The molecule has 2 fully saturated rings. The van der Waals surface area contributed by atoms with Gasteiger partial charge in [-0.15, -0.1) is 0 Å². The smallest absolute Gasteiger partial charge is 0.227 e. The Bertz CT molecular complexity index is 1020. The second-order valence-corrected chi connectivity index (χ2v) is 10.5. The van der Waals surface area contributed by atoms with Crippen molar-refractivity contribution < 1.29 is 24.1 Å². The first-order valence-electron chi connectivity index (χ1n) is 12.9. The van der Waals surface area contributed by atoms with Crippen LogP contribution in [-0.2, 0) is 20.7 Å². The van der Waals surface area contributed by atoms with Gasteiger partial charge in [-0.2, -0.15) is 0 Å². The molecule has 0 saturated carbocycles. The second-order valence-electron chi connectivity index (χ2n) is 9.73. The van der Waals surface area contributed by atoms with Gasteiger partial charge in [-0.3, -0.25) is 9.69 Å². The van der Waals surface area contributed by atoms with Crippen LogP contribution in [0.25, 0.3) is 0 Å². The Hall–Kier alpha value is -1.87. The highest BCUT2D eigenvalue weighted by Gasteiger charge is 2.28. The van der Waals surface area contributed by atoms with Crippen molar-refractivity contribution in [3.05, 3.63) is 63.6 Å². The largest absolute Gasteiger partial charge is 0.491 e. The van der Waals surface area contributed by atoms with Gasteiger partial charge in [0.05, 0.1) is 35.2 Å². The van der Waals surface area contributed by atoms with Crippen LogP contribution >= 0.6 is 23.2 Å². The van der Waals surface area contributed by atoms with Crippen LogP contribution in [-0.4, -0.2) is 79.7 Å². The molecule has 202 valence electrons. The van der Waals surface area contributed by atoms with Gasteiger partial charge in [-0.1, -0.05) is 41.4 Å². The van der Waals surface area contributed by atoms with Gasteiger partial charge >= 0.3 is 0 Å². The minimum atomic E-state index is -0.324. The summed E-state index contributed by atoms with van der Waals surface area (Å²) in [5.41, 5.74) is 1.82. The number of likely N-dealkylation sites (N-methyl/N-ethyl adjacent to an activating group) is 1. The van der Waals surface area contributed by atoms with E-state index in [0.29, 0.717) is 36.3 Å². The summed E-state index contributed by atoms with van der Waals surface area (Å²) in [6, 6.07) is 12.9. The van der Waals surface area contributed by atoms with Crippen molar-refractivity contribution in [3.8, 4) is 5.75 Å². The fraction of sp³-hybridized carbons (Fsp3) is 0.536. The van der Waals surface area contributed by atoms with Gasteiger partial charge in [0.2, 0.25) is 5.91 Å². The zero-order valence-electron chi connectivity index (χ0n) is 21.3. The van der Waals surface area contributed by atoms with Gasteiger partial charge < -0.3 is 24.2 Å². The average molecular weight is 552 g/mol. The molecule has 37 heavy (non-hydrogen) atoms. The van der Waals surface area contributed by atoms with Crippen LogP contribution in [0.1, 0.15) is 42.9 Å². The fourth-order valence-corrected chi connectivity index (χ4v) is 5.09. The van der Waals surface area contributed by atoms with Crippen LogP contribution in [0.2, 0.25) is 10.0 Å². The monoisotopic (exact) mass is 550 g/mol. The van der Waals surface area contributed by atoms with Crippen LogP contribution < -0.4 is 4.74 Å². The molecule has 2 aliphatic rings. The highest BCUT2D eigenvalue weighted by molar-refractivity contribution is 6.42. The average Bonchev–Trinajstić information content (AvgIpc) is 3.32. The molecule has 2 saturated heterocycles. The topological polar surface area (TPSA) is 71.5 Å². The molecule has 9 heteroatoms. The lowest BCUT2D eigenvalue weighted by Gasteiger charge is -2.32. The molecule has 1 amide bonds. The highest BCUT2D eigenvalue weighted by Crippen LogP contribution is 2.27. The van der Waals surface area contributed by atoms with Gasteiger partial charge in [-0.05, 0) is 61.1 Å². The molecule has 1 N–H and O–H groups in total. The fourth-order valence-electron chi connectivity index (χ4n) is 4.76. The minimum absolute atomic E-state index is 0.0226. The first kappa shape index (κ1) is 28.1. The number of hydrogen-bond donors (Lipinski definition) is 1. The third-order valence-electron chi connectivity index (χ3n) is 6.94. The van der Waals surface area contributed by atoms with E-state index in [9.17, 15) is 9.90 Å². The third-order valence-corrected chi connectivity index (χ3v) is 7.68. The Morgan fingerprint density at radius 2 is 1.95 bits per heavy atom. The first-order valence-corrected chi connectivity index (χ1v) is 13.7. The van der Waals surface area contributed by atoms with E-state index in [1.54, 1.807) is 17.0 Å². The number of aliphatic hydroxyl groups is 1. The molecule has 0 aromatic heterocycles. The standard InChI is InChI=1S/C28H36Cl2N2O5/c1-31(27(34)17-20-5-10-24(29)25(30)16-20)26(19-32-12-11-22(33)18-32)21-6-8-23(9-7-21)35-14-15-37-28-4-2-3-13-36-28/h5-10,16,22,26,28,33H,2-4,11-15,17-19H2,1H3/t22-,26?,28?/m0/s1. The van der Waals surface area contributed by atoms with Crippen LogP contribution in [0.3, 0.4) is 0 Å². The number of carbonyl (C=O) groups is 1. The molecule has 0 spiro atoms. The molecule has 0 bridgehead atoms. The predicted octanol–water partition coefficient (Wildman–Crippen LogP) is 4.72. The lowest BCUT2D eigenvalue weighted by Crippen LogP contribution is -2.39. The van der Waals surface area contributed by atoms with E-state index in [4.69, 9.17) is 37.4 Å². The number of carbonyl (C=O) groups excluding carboxylic acids is 1. The molecule has 2 unspecified atom stereocenters.